The van der Waals surface area contributed by atoms with Crippen LogP contribution in [0, 0.1) is 0 Å². The minimum absolute atomic E-state index is 0.0816. The predicted molar refractivity (Wildman–Crippen MR) is 122 cm³/mol. The van der Waals surface area contributed by atoms with Crippen molar-refractivity contribution in [3.05, 3.63) is 29.8 Å². The molecule has 174 valence electrons. The maximum atomic E-state index is 11.5. The van der Waals surface area contributed by atoms with E-state index in [-0.39, 0.29) is 19.1 Å². The highest BCUT2D eigenvalue weighted by molar-refractivity contribution is 7.78. The summed E-state index contributed by atoms with van der Waals surface area (Å²) in [5, 5.41) is 30.5. The molecule has 0 unspecified atom stereocenters. The largest absolute Gasteiger partial charge is 0.480 e. The molecule has 0 amide bonds. The SMILES string of the molecule is O=C(O)CN(C[C@H](Cc1ccc(N=C=S)cc1)N(CC(=O)O)CC(=O)O)C1CCCCC1. The molecule has 0 spiro atoms. The molecule has 32 heavy (non-hydrogen) atoms. The average molecular weight is 464 g/mol. The molecule has 1 aliphatic rings. The fourth-order valence-corrected chi connectivity index (χ4v) is 4.34. The first kappa shape index (κ1) is 25.6. The third kappa shape index (κ3) is 8.84. The minimum Gasteiger partial charge on any atom is -0.480 e. The van der Waals surface area contributed by atoms with Crippen molar-refractivity contribution in [2.45, 2.75) is 50.6 Å². The summed E-state index contributed by atoms with van der Waals surface area (Å²) in [6.45, 7) is -0.805. The molecule has 1 aromatic carbocycles. The molecular weight excluding hydrogens is 434 g/mol. The fourth-order valence-electron chi connectivity index (χ4n) is 4.24. The van der Waals surface area contributed by atoms with Crippen molar-refractivity contribution in [2.75, 3.05) is 26.2 Å². The Morgan fingerprint density at radius 3 is 2.03 bits per heavy atom. The van der Waals surface area contributed by atoms with E-state index in [1.807, 2.05) is 17.0 Å². The minimum atomic E-state index is -1.13. The highest BCUT2D eigenvalue weighted by Gasteiger charge is 2.30. The third-order valence-corrected chi connectivity index (χ3v) is 5.74. The van der Waals surface area contributed by atoms with Gasteiger partial charge in [0.1, 0.15) is 0 Å². The monoisotopic (exact) mass is 463 g/mol. The lowest BCUT2D eigenvalue weighted by Crippen LogP contribution is -2.52. The first-order chi connectivity index (χ1) is 15.3. The van der Waals surface area contributed by atoms with Gasteiger partial charge in [-0.05, 0) is 49.2 Å². The van der Waals surface area contributed by atoms with Crippen LogP contribution >= 0.6 is 12.2 Å². The van der Waals surface area contributed by atoms with Gasteiger partial charge in [-0.25, -0.2) is 0 Å². The van der Waals surface area contributed by atoms with Crippen LogP contribution in [0.4, 0.5) is 5.69 Å². The number of isothiocyanates is 1. The summed E-state index contributed by atoms with van der Waals surface area (Å²) in [5.41, 5.74) is 1.49. The summed E-state index contributed by atoms with van der Waals surface area (Å²) >= 11 is 4.61. The van der Waals surface area contributed by atoms with Crippen LogP contribution in [-0.4, -0.2) is 86.5 Å². The van der Waals surface area contributed by atoms with Crippen molar-refractivity contribution < 1.29 is 29.7 Å². The molecule has 0 bridgehead atoms. The molecule has 3 N–H and O–H groups in total. The second-order valence-electron chi connectivity index (χ2n) is 8.03. The summed E-state index contributed by atoms with van der Waals surface area (Å²) in [6, 6.07) is 6.73. The van der Waals surface area contributed by atoms with E-state index in [1.165, 1.54) is 4.90 Å². The molecule has 0 aliphatic heterocycles. The molecule has 0 aromatic heterocycles. The number of benzene rings is 1. The molecule has 0 radical (unpaired) electrons. The van der Waals surface area contributed by atoms with Gasteiger partial charge >= 0.3 is 17.9 Å². The molecule has 9 nitrogen and oxygen atoms in total. The number of rotatable bonds is 13. The van der Waals surface area contributed by atoms with E-state index >= 15 is 0 Å². The summed E-state index contributed by atoms with van der Waals surface area (Å²) in [4.78, 5) is 41.6. The Balaban J connectivity index is 2.31. The van der Waals surface area contributed by atoms with Gasteiger partial charge in [-0.2, -0.15) is 4.99 Å². The lowest BCUT2D eigenvalue weighted by Gasteiger charge is -2.38. The van der Waals surface area contributed by atoms with Gasteiger partial charge in [-0.3, -0.25) is 24.2 Å². The molecule has 1 atom stereocenters. The van der Waals surface area contributed by atoms with Gasteiger partial charge in [0.15, 0.2) is 0 Å². The number of aliphatic carboxylic acids is 3. The molecule has 0 heterocycles. The number of carbonyl (C=O) groups is 3. The Hall–Kier alpha value is -2.65. The first-order valence-corrected chi connectivity index (χ1v) is 11.0. The van der Waals surface area contributed by atoms with Gasteiger partial charge < -0.3 is 15.3 Å². The molecule has 2 rings (SSSR count). The lowest BCUT2D eigenvalue weighted by atomic mass is 9.93. The molecule has 0 saturated heterocycles. The topological polar surface area (TPSA) is 131 Å². The fraction of sp³-hybridized carbons (Fsp3) is 0.545. The third-order valence-electron chi connectivity index (χ3n) is 5.65. The van der Waals surface area contributed by atoms with E-state index in [0.29, 0.717) is 12.1 Å². The van der Waals surface area contributed by atoms with Crippen LogP contribution in [0.25, 0.3) is 0 Å². The molecule has 1 aromatic rings. The zero-order valence-corrected chi connectivity index (χ0v) is 18.7. The van der Waals surface area contributed by atoms with Gasteiger partial charge in [0.2, 0.25) is 0 Å². The Morgan fingerprint density at radius 2 is 1.53 bits per heavy atom. The van der Waals surface area contributed by atoms with Crippen molar-refractivity contribution in [3.63, 3.8) is 0 Å². The van der Waals surface area contributed by atoms with E-state index in [4.69, 9.17) is 0 Å². The van der Waals surface area contributed by atoms with Crippen molar-refractivity contribution in [2.24, 2.45) is 4.99 Å². The van der Waals surface area contributed by atoms with Crippen LogP contribution in [0.2, 0.25) is 0 Å². The predicted octanol–water partition coefficient (Wildman–Crippen LogP) is 2.52. The van der Waals surface area contributed by atoms with Crippen molar-refractivity contribution in [1.82, 2.24) is 9.80 Å². The van der Waals surface area contributed by atoms with Crippen molar-refractivity contribution in [1.29, 1.82) is 0 Å². The zero-order valence-electron chi connectivity index (χ0n) is 17.9. The van der Waals surface area contributed by atoms with Gasteiger partial charge in [0.25, 0.3) is 0 Å². The number of carboxylic acids is 3. The van der Waals surface area contributed by atoms with Gasteiger partial charge in [-0.15, -0.1) is 0 Å². The van der Waals surface area contributed by atoms with Crippen molar-refractivity contribution in [3.8, 4) is 0 Å². The lowest BCUT2D eigenvalue weighted by molar-refractivity contribution is -0.144. The normalized spacial score (nSPS) is 15.3. The van der Waals surface area contributed by atoms with Crippen LogP contribution < -0.4 is 0 Å². The molecule has 10 heteroatoms. The zero-order chi connectivity index (χ0) is 23.5. The number of hydrogen-bond acceptors (Lipinski definition) is 7. The highest BCUT2D eigenvalue weighted by Crippen LogP contribution is 2.24. The Kier molecular flexibility index (Phi) is 10.4. The standard InChI is InChI=1S/C22H29N3O6S/c26-20(27)12-24(18-4-2-1-3-5-18)11-19(25(13-21(28)29)14-22(30)31)10-16-6-8-17(9-7-16)23-15-32/h6-9,18-19H,1-5,10-14H2,(H,26,27)(H,28,29)(H,30,31)/t19-/m0/s1. The number of thiocarbonyl (C=S) groups is 1. The van der Waals surface area contributed by atoms with Crippen LogP contribution in [0.1, 0.15) is 37.7 Å². The maximum absolute atomic E-state index is 11.5. The smallest absolute Gasteiger partial charge is 0.317 e. The number of carboxylic acid groups (broad SMARTS) is 3. The van der Waals surface area contributed by atoms with Gasteiger partial charge in [0, 0.05) is 18.6 Å². The van der Waals surface area contributed by atoms with E-state index in [9.17, 15) is 29.7 Å². The van der Waals surface area contributed by atoms with Gasteiger partial charge in [-0.1, -0.05) is 31.4 Å². The summed E-state index contributed by atoms with van der Waals surface area (Å²) in [5.74, 6) is -3.23. The Morgan fingerprint density at radius 1 is 0.969 bits per heavy atom. The van der Waals surface area contributed by atoms with E-state index in [2.05, 4.69) is 22.4 Å². The van der Waals surface area contributed by atoms with Crippen LogP contribution in [0.3, 0.4) is 0 Å². The average Bonchev–Trinajstić information content (AvgIpc) is 2.73. The molecule has 1 fully saturated rings. The van der Waals surface area contributed by atoms with Crippen LogP contribution in [0.5, 0.6) is 0 Å². The van der Waals surface area contributed by atoms with E-state index < -0.39 is 37.0 Å². The number of hydrogen-bond donors (Lipinski definition) is 3. The molecule has 1 saturated carbocycles. The summed E-state index contributed by atoms with van der Waals surface area (Å²) in [7, 11) is 0. The molecule has 1 aliphatic carbocycles. The second-order valence-corrected chi connectivity index (χ2v) is 8.22. The van der Waals surface area contributed by atoms with E-state index in [1.54, 1.807) is 12.1 Å². The second kappa shape index (κ2) is 13.0. The summed E-state index contributed by atoms with van der Waals surface area (Å²) in [6.07, 6.45) is 5.26. The van der Waals surface area contributed by atoms with Crippen molar-refractivity contribution >= 4 is 41.0 Å². The quantitative estimate of drug-likeness (QED) is 0.298. The number of aliphatic imine (C=N–C) groups is 1. The Bertz CT molecular complexity index is 819. The summed E-state index contributed by atoms with van der Waals surface area (Å²) < 4.78 is 0. The first-order valence-electron chi connectivity index (χ1n) is 10.6. The van der Waals surface area contributed by atoms with Crippen LogP contribution in [-0.2, 0) is 20.8 Å². The number of nitrogens with zero attached hydrogens (tertiary/aromatic N) is 3. The van der Waals surface area contributed by atoms with E-state index in [0.717, 1.165) is 37.7 Å². The van der Waals surface area contributed by atoms with Crippen LogP contribution in [0.15, 0.2) is 29.3 Å². The maximum Gasteiger partial charge on any atom is 0.317 e. The van der Waals surface area contributed by atoms with Gasteiger partial charge in [0.05, 0.1) is 30.5 Å². The molecular formula is C22H29N3O6S. The Labute approximate surface area is 192 Å². The highest BCUT2D eigenvalue weighted by atomic mass is 32.1.